The minimum absolute atomic E-state index is 0.271. The van der Waals surface area contributed by atoms with Crippen molar-refractivity contribution >= 4 is 39.2 Å². The second-order valence-corrected chi connectivity index (χ2v) is 6.53. The van der Waals surface area contributed by atoms with E-state index < -0.39 is 0 Å². The van der Waals surface area contributed by atoms with Crippen LogP contribution >= 0.6 is 15.9 Å². The molecule has 0 aliphatic heterocycles. The molecule has 0 bridgehead atoms. The molecule has 0 aliphatic carbocycles. The molecule has 126 valence electrons. The van der Waals surface area contributed by atoms with E-state index in [4.69, 9.17) is 0 Å². The fourth-order valence-corrected chi connectivity index (χ4v) is 2.81. The lowest BCUT2D eigenvalue weighted by atomic mass is 10.2. The SMILES string of the molecule is Cc1ccccc1NC(=O)c1ccnc(Nc2ccc(Br)cc2C)n1. The second-order valence-electron chi connectivity index (χ2n) is 5.62. The Bertz CT molecular complexity index is 927. The van der Waals surface area contributed by atoms with Gasteiger partial charge in [-0.3, -0.25) is 4.79 Å². The van der Waals surface area contributed by atoms with Gasteiger partial charge < -0.3 is 10.6 Å². The third-order valence-corrected chi connectivity index (χ3v) is 4.21. The number of carbonyl (C=O) groups excluding carboxylic acids is 1. The van der Waals surface area contributed by atoms with Gasteiger partial charge in [-0.25, -0.2) is 9.97 Å². The van der Waals surface area contributed by atoms with Crippen LogP contribution in [0.5, 0.6) is 0 Å². The Kier molecular flexibility index (Phi) is 5.09. The highest BCUT2D eigenvalue weighted by Gasteiger charge is 2.11. The molecule has 2 aromatic carbocycles. The van der Waals surface area contributed by atoms with Crippen LogP contribution in [0.15, 0.2) is 59.2 Å². The number of anilines is 3. The Labute approximate surface area is 154 Å². The molecule has 0 saturated carbocycles. The van der Waals surface area contributed by atoms with Gasteiger partial charge in [0.1, 0.15) is 5.69 Å². The molecule has 1 heterocycles. The van der Waals surface area contributed by atoms with Gasteiger partial charge in [-0.1, -0.05) is 34.1 Å². The lowest BCUT2D eigenvalue weighted by molar-refractivity contribution is 0.102. The summed E-state index contributed by atoms with van der Waals surface area (Å²) < 4.78 is 1.00. The van der Waals surface area contributed by atoms with Crippen LogP contribution < -0.4 is 10.6 Å². The minimum Gasteiger partial charge on any atom is -0.324 e. The average Bonchev–Trinajstić information content (AvgIpc) is 2.60. The summed E-state index contributed by atoms with van der Waals surface area (Å²) in [6.45, 7) is 3.93. The Morgan fingerprint density at radius 3 is 2.56 bits per heavy atom. The molecule has 5 nitrogen and oxygen atoms in total. The van der Waals surface area contributed by atoms with Gasteiger partial charge in [0.2, 0.25) is 5.95 Å². The zero-order valence-electron chi connectivity index (χ0n) is 13.9. The first-order chi connectivity index (χ1) is 12.0. The molecule has 1 aromatic heterocycles. The highest BCUT2D eigenvalue weighted by molar-refractivity contribution is 9.10. The number of hydrogen-bond donors (Lipinski definition) is 2. The molecule has 0 atom stereocenters. The number of nitrogens with one attached hydrogen (secondary N) is 2. The number of halogens is 1. The van der Waals surface area contributed by atoms with Crippen LogP contribution in [0, 0.1) is 13.8 Å². The molecule has 0 spiro atoms. The lowest BCUT2D eigenvalue weighted by Gasteiger charge is -2.10. The summed E-state index contributed by atoms with van der Waals surface area (Å²) >= 11 is 3.44. The normalized spacial score (nSPS) is 10.4. The summed E-state index contributed by atoms with van der Waals surface area (Å²) in [6.07, 6.45) is 1.57. The maximum Gasteiger partial charge on any atom is 0.274 e. The highest BCUT2D eigenvalue weighted by atomic mass is 79.9. The topological polar surface area (TPSA) is 66.9 Å². The van der Waals surface area contributed by atoms with E-state index in [0.29, 0.717) is 11.6 Å². The molecule has 25 heavy (non-hydrogen) atoms. The van der Waals surface area contributed by atoms with Gasteiger partial charge in [0.25, 0.3) is 5.91 Å². The van der Waals surface area contributed by atoms with E-state index in [0.717, 1.165) is 27.0 Å². The standard InChI is InChI=1S/C19H17BrN4O/c1-12-5-3-4-6-15(12)22-18(25)17-9-10-21-19(24-17)23-16-8-7-14(20)11-13(16)2/h3-11H,1-2H3,(H,22,25)(H,21,23,24). The van der Waals surface area contributed by atoms with Crippen LogP contribution in [0.4, 0.5) is 17.3 Å². The van der Waals surface area contributed by atoms with Gasteiger partial charge in [-0.05, 0) is 55.3 Å². The first-order valence-corrected chi connectivity index (χ1v) is 8.55. The summed E-state index contributed by atoms with van der Waals surface area (Å²) in [5.41, 5.74) is 4.00. The van der Waals surface area contributed by atoms with E-state index in [9.17, 15) is 4.79 Å². The Hall–Kier alpha value is -2.73. The molecular weight excluding hydrogens is 380 g/mol. The van der Waals surface area contributed by atoms with E-state index in [1.54, 1.807) is 12.3 Å². The molecule has 6 heteroatoms. The van der Waals surface area contributed by atoms with E-state index >= 15 is 0 Å². The van der Waals surface area contributed by atoms with Crippen molar-refractivity contribution in [3.63, 3.8) is 0 Å². The zero-order chi connectivity index (χ0) is 17.8. The van der Waals surface area contributed by atoms with Crippen LogP contribution in [-0.2, 0) is 0 Å². The molecule has 0 saturated heterocycles. The fourth-order valence-electron chi connectivity index (χ4n) is 2.33. The number of rotatable bonds is 4. The van der Waals surface area contributed by atoms with E-state index in [2.05, 4.69) is 36.5 Å². The predicted octanol–water partition coefficient (Wildman–Crippen LogP) is 4.85. The number of aromatic nitrogens is 2. The molecule has 1 amide bonds. The quantitative estimate of drug-likeness (QED) is 0.661. The van der Waals surface area contributed by atoms with Gasteiger partial charge in [-0.15, -0.1) is 0 Å². The number of para-hydroxylation sites is 1. The number of benzene rings is 2. The van der Waals surface area contributed by atoms with Crippen molar-refractivity contribution in [2.45, 2.75) is 13.8 Å². The molecule has 0 fully saturated rings. The molecule has 0 aliphatic rings. The van der Waals surface area contributed by atoms with Gasteiger partial charge in [-0.2, -0.15) is 0 Å². The van der Waals surface area contributed by atoms with Gasteiger partial charge in [0, 0.05) is 22.0 Å². The third-order valence-electron chi connectivity index (χ3n) is 3.72. The smallest absolute Gasteiger partial charge is 0.274 e. The van der Waals surface area contributed by atoms with Crippen molar-refractivity contribution in [2.24, 2.45) is 0 Å². The van der Waals surface area contributed by atoms with Crippen LogP contribution in [-0.4, -0.2) is 15.9 Å². The molecule has 3 rings (SSSR count). The maximum absolute atomic E-state index is 12.4. The van der Waals surface area contributed by atoms with Crippen molar-refractivity contribution in [2.75, 3.05) is 10.6 Å². The van der Waals surface area contributed by atoms with Crippen LogP contribution in [0.25, 0.3) is 0 Å². The van der Waals surface area contributed by atoms with Gasteiger partial charge >= 0.3 is 0 Å². The molecule has 0 radical (unpaired) electrons. The summed E-state index contributed by atoms with van der Waals surface area (Å²) in [4.78, 5) is 20.9. The minimum atomic E-state index is -0.271. The first kappa shape index (κ1) is 17.1. The first-order valence-electron chi connectivity index (χ1n) is 7.76. The lowest BCUT2D eigenvalue weighted by Crippen LogP contribution is -2.15. The molecule has 2 N–H and O–H groups in total. The Morgan fingerprint density at radius 2 is 1.80 bits per heavy atom. The van der Waals surface area contributed by atoms with E-state index in [1.165, 1.54) is 0 Å². The summed E-state index contributed by atoms with van der Waals surface area (Å²) in [6, 6.07) is 15.1. The zero-order valence-corrected chi connectivity index (χ0v) is 15.5. The van der Waals surface area contributed by atoms with Gasteiger partial charge in [0.15, 0.2) is 0 Å². The van der Waals surface area contributed by atoms with Gasteiger partial charge in [0.05, 0.1) is 0 Å². The van der Waals surface area contributed by atoms with Crippen molar-refractivity contribution in [3.8, 4) is 0 Å². The molecule has 3 aromatic rings. The maximum atomic E-state index is 12.4. The highest BCUT2D eigenvalue weighted by Crippen LogP contribution is 2.22. The molecule has 0 unspecified atom stereocenters. The van der Waals surface area contributed by atoms with E-state index in [-0.39, 0.29) is 5.91 Å². The number of aryl methyl sites for hydroxylation is 2. The van der Waals surface area contributed by atoms with Crippen LogP contribution in [0.3, 0.4) is 0 Å². The second kappa shape index (κ2) is 7.44. The predicted molar refractivity (Wildman–Crippen MR) is 103 cm³/mol. The average molecular weight is 397 g/mol. The van der Waals surface area contributed by atoms with E-state index in [1.807, 2.05) is 56.3 Å². The van der Waals surface area contributed by atoms with Crippen LogP contribution in [0.2, 0.25) is 0 Å². The largest absolute Gasteiger partial charge is 0.324 e. The number of carbonyl (C=O) groups is 1. The fraction of sp³-hybridized carbons (Fsp3) is 0.105. The number of hydrogen-bond acceptors (Lipinski definition) is 4. The Balaban J connectivity index is 1.79. The van der Waals surface area contributed by atoms with Crippen molar-refractivity contribution in [1.29, 1.82) is 0 Å². The van der Waals surface area contributed by atoms with Crippen molar-refractivity contribution in [1.82, 2.24) is 9.97 Å². The monoisotopic (exact) mass is 396 g/mol. The number of amides is 1. The van der Waals surface area contributed by atoms with Crippen molar-refractivity contribution in [3.05, 3.63) is 76.0 Å². The summed E-state index contributed by atoms with van der Waals surface area (Å²) in [7, 11) is 0. The third kappa shape index (κ3) is 4.22. The Morgan fingerprint density at radius 1 is 1.00 bits per heavy atom. The molecular formula is C19H17BrN4O. The van der Waals surface area contributed by atoms with Crippen LogP contribution in [0.1, 0.15) is 21.6 Å². The number of nitrogens with zero attached hydrogens (tertiary/aromatic N) is 2. The summed E-state index contributed by atoms with van der Waals surface area (Å²) in [5.74, 6) is 0.107. The summed E-state index contributed by atoms with van der Waals surface area (Å²) in [5, 5.41) is 6.02. The van der Waals surface area contributed by atoms with Crippen molar-refractivity contribution < 1.29 is 4.79 Å².